The van der Waals surface area contributed by atoms with E-state index in [1.165, 1.54) is 10.4 Å². The quantitative estimate of drug-likeness (QED) is 0.727. The Morgan fingerprint density at radius 1 is 1.23 bits per heavy atom. The average Bonchev–Trinajstić information content (AvgIpc) is 2.99. The van der Waals surface area contributed by atoms with Crippen LogP contribution in [0.3, 0.4) is 0 Å². The third kappa shape index (κ3) is 2.88. The van der Waals surface area contributed by atoms with Gasteiger partial charge in [-0.25, -0.2) is 0 Å². The molecule has 0 atom stereocenters. The van der Waals surface area contributed by atoms with E-state index < -0.39 is 0 Å². The van der Waals surface area contributed by atoms with Gasteiger partial charge in [-0.3, -0.25) is 9.78 Å². The number of carbonyl (C=O) groups excluding carboxylic acids is 1. The van der Waals surface area contributed by atoms with Crippen LogP contribution in [0.1, 0.15) is 26.5 Å². The van der Waals surface area contributed by atoms with E-state index in [-0.39, 0.29) is 5.91 Å². The zero-order valence-electron chi connectivity index (χ0n) is 13.0. The second-order valence-corrected chi connectivity index (χ2v) is 6.59. The molecule has 0 spiro atoms. The Labute approximate surface area is 134 Å². The third-order valence-electron chi connectivity index (χ3n) is 3.71. The second-order valence-electron chi connectivity index (χ2n) is 5.56. The van der Waals surface area contributed by atoms with Gasteiger partial charge < -0.3 is 4.90 Å². The van der Waals surface area contributed by atoms with Gasteiger partial charge >= 0.3 is 0 Å². The van der Waals surface area contributed by atoms with Crippen LogP contribution in [0.5, 0.6) is 0 Å². The summed E-state index contributed by atoms with van der Waals surface area (Å²) in [5.74, 6) is 0.0156. The van der Waals surface area contributed by atoms with Crippen molar-refractivity contribution < 1.29 is 4.79 Å². The van der Waals surface area contributed by atoms with Gasteiger partial charge in [0.2, 0.25) is 0 Å². The minimum atomic E-state index is 0.0156. The van der Waals surface area contributed by atoms with Crippen molar-refractivity contribution in [1.29, 1.82) is 0 Å². The topological polar surface area (TPSA) is 33.2 Å². The monoisotopic (exact) mass is 310 g/mol. The van der Waals surface area contributed by atoms with Crippen molar-refractivity contribution in [3.63, 3.8) is 0 Å². The molecule has 0 aliphatic carbocycles. The molecular weight excluding hydrogens is 292 g/mol. The first-order valence-corrected chi connectivity index (χ1v) is 8.08. The van der Waals surface area contributed by atoms with Crippen LogP contribution in [-0.2, 0) is 6.54 Å². The van der Waals surface area contributed by atoms with Crippen LogP contribution >= 0.6 is 11.3 Å². The van der Waals surface area contributed by atoms with Crippen molar-refractivity contribution in [3.8, 4) is 0 Å². The lowest BCUT2D eigenvalue weighted by molar-refractivity contribution is 0.0785. The number of rotatable bonds is 3. The molecule has 22 heavy (non-hydrogen) atoms. The molecule has 0 unspecified atom stereocenters. The van der Waals surface area contributed by atoms with Gasteiger partial charge in [0, 0.05) is 17.3 Å². The molecule has 0 bridgehead atoms. The molecule has 1 amide bonds. The highest BCUT2D eigenvalue weighted by molar-refractivity contribution is 7.09. The summed E-state index contributed by atoms with van der Waals surface area (Å²) < 4.78 is 0. The van der Waals surface area contributed by atoms with Crippen LogP contribution in [0.25, 0.3) is 10.9 Å². The van der Waals surface area contributed by atoms with Crippen LogP contribution < -0.4 is 0 Å². The maximum absolute atomic E-state index is 12.7. The molecule has 1 aromatic carbocycles. The van der Waals surface area contributed by atoms with E-state index in [9.17, 15) is 4.79 Å². The van der Waals surface area contributed by atoms with Gasteiger partial charge in [0.1, 0.15) is 0 Å². The van der Waals surface area contributed by atoms with Crippen molar-refractivity contribution in [2.45, 2.75) is 20.4 Å². The smallest absolute Gasteiger partial charge is 0.255 e. The van der Waals surface area contributed by atoms with Crippen LogP contribution in [0.15, 0.2) is 41.8 Å². The lowest BCUT2D eigenvalue weighted by atomic mass is 10.1. The van der Waals surface area contributed by atoms with E-state index in [1.807, 2.05) is 56.6 Å². The predicted molar refractivity (Wildman–Crippen MR) is 91.3 cm³/mol. The fourth-order valence-electron chi connectivity index (χ4n) is 2.52. The highest BCUT2D eigenvalue weighted by Crippen LogP contribution is 2.20. The fraction of sp³-hybridized carbons (Fsp3) is 0.222. The Bertz CT molecular complexity index is 824. The van der Waals surface area contributed by atoms with E-state index in [0.717, 1.165) is 16.6 Å². The van der Waals surface area contributed by atoms with Crippen LogP contribution in [0.2, 0.25) is 0 Å². The minimum Gasteiger partial charge on any atom is -0.337 e. The Hall–Kier alpha value is -2.20. The number of aryl methyl sites for hydroxylation is 2. The summed E-state index contributed by atoms with van der Waals surface area (Å²) >= 11 is 1.66. The van der Waals surface area contributed by atoms with E-state index >= 15 is 0 Å². The molecule has 4 heteroatoms. The number of nitrogens with zero attached hydrogens (tertiary/aromatic N) is 2. The third-order valence-corrected chi connectivity index (χ3v) is 4.57. The molecule has 0 saturated heterocycles. The standard InChI is InChI=1S/C18H18N2OS/c1-12-6-7-17-14(9-12)10-16(13(2)19-17)18(21)20(3)11-15-5-4-8-22-15/h4-10H,11H2,1-3H3. The number of benzene rings is 1. The van der Waals surface area contributed by atoms with Crippen molar-refractivity contribution in [3.05, 3.63) is 63.5 Å². The lowest BCUT2D eigenvalue weighted by Gasteiger charge is -2.17. The molecule has 3 aromatic rings. The normalized spacial score (nSPS) is 10.9. The highest BCUT2D eigenvalue weighted by atomic mass is 32.1. The van der Waals surface area contributed by atoms with Gasteiger partial charge in [-0.05, 0) is 43.5 Å². The van der Waals surface area contributed by atoms with Crippen molar-refractivity contribution in [2.24, 2.45) is 0 Å². The summed E-state index contributed by atoms with van der Waals surface area (Å²) in [4.78, 5) is 20.2. The number of fused-ring (bicyclic) bond motifs is 1. The molecule has 112 valence electrons. The number of thiophene rings is 1. The summed E-state index contributed by atoms with van der Waals surface area (Å²) in [6.45, 7) is 4.57. The second kappa shape index (κ2) is 5.89. The van der Waals surface area contributed by atoms with Crippen LogP contribution in [-0.4, -0.2) is 22.8 Å². The van der Waals surface area contributed by atoms with Gasteiger partial charge in [-0.1, -0.05) is 17.7 Å². The summed E-state index contributed by atoms with van der Waals surface area (Å²) in [5, 5.41) is 3.04. The first-order chi connectivity index (χ1) is 10.5. The van der Waals surface area contributed by atoms with Gasteiger partial charge in [-0.2, -0.15) is 0 Å². The minimum absolute atomic E-state index is 0.0156. The number of amides is 1. The molecule has 2 aromatic heterocycles. The van der Waals surface area contributed by atoms with Crippen LogP contribution in [0, 0.1) is 13.8 Å². The predicted octanol–water partition coefficient (Wildman–Crippen LogP) is 4.19. The van der Waals surface area contributed by atoms with Gasteiger partial charge in [0.25, 0.3) is 5.91 Å². The number of pyridine rings is 1. The van der Waals surface area contributed by atoms with Gasteiger partial charge in [0.15, 0.2) is 0 Å². The zero-order valence-corrected chi connectivity index (χ0v) is 13.8. The van der Waals surface area contributed by atoms with Crippen molar-refractivity contribution >= 4 is 28.1 Å². The maximum Gasteiger partial charge on any atom is 0.255 e. The molecule has 0 radical (unpaired) electrons. The molecule has 0 aliphatic rings. The van der Waals surface area contributed by atoms with E-state index in [0.29, 0.717) is 12.1 Å². The Morgan fingerprint density at radius 2 is 2.05 bits per heavy atom. The molecule has 3 nitrogen and oxygen atoms in total. The summed E-state index contributed by atoms with van der Waals surface area (Å²) in [7, 11) is 1.84. The van der Waals surface area contributed by atoms with Gasteiger partial charge in [-0.15, -0.1) is 11.3 Å². The number of carbonyl (C=O) groups is 1. The van der Waals surface area contributed by atoms with E-state index in [2.05, 4.69) is 11.1 Å². The van der Waals surface area contributed by atoms with E-state index in [4.69, 9.17) is 0 Å². The van der Waals surface area contributed by atoms with Crippen LogP contribution in [0.4, 0.5) is 0 Å². The van der Waals surface area contributed by atoms with Crippen molar-refractivity contribution in [1.82, 2.24) is 9.88 Å². The number of hydrogen-bond acceptors (Lipinski definition) is 3. The Kier molecular flexibility index (Phi) is 3.94. The number of aromatic nitrogens is 1. The van der Waals surface area contributed by atoms with E-state index in [1.54, 1.807) is 16.2 Å². The summed E-state index contributed by atoms with van der Waals surface area (Å²) in [5.41, 5.74) is 3.56. The molecular formula is C18H18N2OS. The fourth-order valence-corrected chi connectivity index (χ4v) is 3.28. The maximum atomic E-state index is 12.7. The Balaban J connectivity index is 1.94. The zero-order chi connectivity index (χ0) is 15.7. The summed E-state index contributed by atoms with van der Waals surface area (Å²) in [6.07, 6.45) is 0. The van der Waals surface area contributed by atoms with Crippen molar-refractivity contribution in [2.75, 3.05) is 7.05 Å². The largest absolute Gasteiger partial charge is 0.337 e. The first kappa shape index (κ1) is 14.7. The number of hydrogen-bond donors (Lipinski definition) is 0. The molecule has 0 fully saturated rings. The molecule has 2 heterocycles. The summed E-state index contributed by atoms with van der Waals surface area (Å²) in [6, 6.07) is 12.1. The Morgan fingerprint density at radius 3 is 2.77 bits per heavy atom. The SMILES string of the molecule is Cc1ccc2nc(C)c(C(=O)N(C)Cc3cccs3)cc2c1. The lowest BCUT2D eigenvalue weighted by Crippen LogP contribution is -2.26. The van der Waals surface area contributed by atoms with Gasteiger partial charge in [0.05, 0.1) is 23.3 Å². The molecule has 0 aliphatic heterocycles. The molecule has 0 N–H and O–H groups in total. The average molecular weight is 310 g/mol. The highest BCUT2D eigenvalue weighted by Gasteiger charge is 2.16. The molecule has 0 saturated carbocycles. The first-order valence-electron chi connectivity index (χ1n) is 7.20. The molecule has 3 rings (SSSR count).